The number of hydrogen-bond acceptors (Lipinski definition) is 6. The van der Waals surface area contributed by atoms with Crippen LogP contribution in [0, 0.1) is 25.6 Å². The van der Waals surface area contributed by atoms with Gasteiger partial charge < -0.3 is 13.3 Å². The van der Waals surface area contributed by atoms with Crippen LogP contribution in [0.2, 0.25) is 0 Å². The fourth-order valence-corrected chi connectivity index (χ4v) is 8.69. The van der Waals surface area contributed by atoms with Gasteiger partial charge in [0.25, 0.3) is 0 Å². The van der Waals surface area contributed by atoms with Crippen LogP contribution in [0.25, 0.3) is 114 Å². The molecule has 0 saturated heterocycles. The van der Waals surface area contributed by atoms with Gasteiger partial charge in [0.05, 0.1) is 53.2 Å². The molecule has 9 heteroatoms. The van der Waals surface area contributed by atoms with Crippen LogP contribution in [0.4, 0.5) is 17.1 Å². The van der Waals surface area contributed by atoms with Crippen LogP contribution < -0.4 is 0 Å². The molecule has 9 nitrogen and oxygen atoms in total. The van der Waals surface area contributed by atoms with Gasteiger partial charge in [0, 0.05) is 82.7 Å². The van der Waals surface area contributed by atoms with Crippen molar-refractivity contribution >= 4 is 82.9 Å². The highest BCUT2D eigenvalue weighted by atomic mass is 16.3. The molecule has 0 aliphatic rings. The molecule has 1 atom stereocenters. The number of pyridine rings is 3. The molecule has 0 radical (unpaired) electrons. The first kappa shape index (κ1) is 29.7. The number of furan rings is 3. The Balaban J connectivity index is 0.000000151. The van der Waals surface area contributed by atoms with E-state index in [0.29, 0.717) is 71.3 Å². The van der Waals surface area contributed by atoms with Crippen LogP contribution >= 0.6 is 0 Å². The maximum absolute atomic E-state index is 8.57. The highest BCUT2D eigenvalue weighted by molar-refractivity contribution is 6.14. The molecule has 6 aromatic carbocycles. The summed E-state index contributed by atoms with van der Waals surface area (Å²) in [4.78, 5) is 22.7. The number of hydrogen-bond donors (Lipinski definition) is 0. The molecule has 6 heterocycles. The molecule has 0 saturated carbocycles. The second kappa shape index (κ2) is 20.2. The Morgan fingerprint density at radius 3 is 1.40 bits per heavy atom. The first-order valence-electron chi connectivity index (χ1n) is 32.1. The van der Waals surface area contributed by atoms with E-state index in [4.69, 9.17) is 59.0 Å². The van der Waals surface area contributed by atoms with E-state index in [2.05, 4.69) is 29.5 Å². The summed E-state index contributed by atoms with van der Waals surface area (Å²) in [6.07, 6.45) is -2.96. The number of benzene rings is 6. The molecule has 0 fully saturated rings. The quantitative estimate of drug-likeness (QED) is 0.148. The lowest BCUT2D eigenvalue weighted by molar-refractivity contribution is 0.645. The molecule has 0 amide bonds. The lowest BCUT2D eigenvalue weighted by Crippen LogP contribution is -1.93. The van der Waals surface area contributed by atoms with Gasteiger partial charge in [-0.25, -0.2) is 14.5 Å². The minimum Gasteiger partial charge on any atom is -0.466 e. The Morgan fingerprint density at radius 2 is 0.945 bits per heavy atom. The molecule has 12 aromatic rings. The minimum absolute atomic E-state index is 0.00788. The van der Waals surface area contributed by atoms with Gasteiger partial charge in [-0.15, -0.1) is 0 Å². The maximum Gasteiger partial charge on any atom is 0.232 e. The molecule has 0 N–H and O–H groups in total. The first-order valence-corrected chi connectivity index (χ1v) is 22.6. The smallest absolute Gasteiger partial charge is 0.232 e. The monoisotopic (exact) mass is 970 g/mol. The Bertz CT molecular complexity index is 5220. The van der Waals surface area contributed by atoms with Crippen LogP contribution in [0.5, 0.6) is 0 Å². The average Bonchev–Trinajstić information content (AvgIpc) is 1.55. The zero-order chi connectivity index (χ0) is 67.3. The van der Waals surface area contributed by atoms with Crippen molar-refractivity contribution in [3.63, 3.8) is 0 Å². The molecular weight excluding hydrogens is 901 g/mol. The van der Waals surface area contributed by atoms with Crippen molar-refractivity contribution in [2.24, 2.45) is 5.92 Å². The number of aromatic nitrogens is 3. The Labute approximate surface area is 450 Å². The SMILES string of the molecule is [2H]c1nc(-c2cccc3c2oc2c(C([2H])(C)C([2H])([2H])[2H])c([N+]#[C-])ccc23)c([2H])c([2H])c1[2H].[2H]c1nc(-c2cccc3c2oc2c([N+]#[C-])c(C([2H])(C)C)ccc23)c([2H])c([2H])c1[2H].[2H]c1nc(-c2cccc3c2oc2c([N+]#[C-])c(C([2H])([2H])C(C)C)ccc23)c([2H])c([2H])c1[2H]. The van der Waals surface area contributed by atoms with Gasteiger partial charge in [-0.3, -0.25) is 15.0 Å². The van der Waals surface area contributed by atoms with E-state index in [1.54, 1.807) is 100 Å². The van der Waals surface area contributed by atoms with Crippen molar-refractivity contribution in [3.8, 4) is 33.8 Å². The van der Waals surface area contributed by atoms with Crippen molar-refractivity contribution in [2.75, 3.05) is 0 Å². The second-order valence-corrected chi connectivity index (χ2v) is 17.0. The van der Waals surface area contributed by atoms with Crippen molar-refractivity contribution in [1.29, 1.82) is 0 Å². The lowest BCUT2D eigenvalue weighted by Gasteiger charge is -2.08. The van der Waals surface area contributed by atoms with Gasteiger partial charge in [0.2, 0.25) is 11.4 Å². The van der Waals surface area contributed by atoms with E-state index in [1.807, 2.05) is 12.1 Å². The highest BCUT2D eigenvalue weighted by Crippen LogP contribution is 2.45. The maximum atomic E-state index is 8.57. The summed E-state index contributed by atoms with van der Waals surface area (Å²) in [7, 11) is 0. The fourth-order valence-electron chi connectivity index (χ4n) is 8.69. The van der Waals surface area contributed by atoms with E-state index in [1.165, 1.54) is 13.0 Å². The average molecular weight is 970 g/mol. The third-order valence-corrected chi connectivity index (χ3v) is 11.8. The standard InChI is InChI=1S/C22H18N2O.2C21H16N2O/c1-14(2)13-15-10-11-17-16-7-6-8-18(19-9-4-5-12-24-19)21(16)25-22(17)20(15)23-3;1-13(2)14-10-11-16-15-7-6-8-17(18-9-4-5-12-23-18)20(15)24-21(16)19(14)22-3;1-13(2)19-18(22-3)11-10-15-14-7-6-8-16(20(14)24-21(15)19)17-9-4-5-12-23-17/h4-12,14H,13H2,1-2H3;2*4-13H,1-2H3/i4D,5D,9D,12D,13D2;4D,5D,9D,12D,13D;1D3,4D,5D,9D,12D,13D. The zero-order valence-electron chi connectivity index (χ0n) is 58.6. The van der Waals surface area contributed by atoms with Gasteiger partial charge in [0.1, 0.15) is 33.5 Å². The van der Waals surface area contributed by atoms with E-state index in [-0.39, 0.29) is 98.3 Å². The van der Waals surface area contributed by atoms with Crippen LogP contribution in [-0.2, 0) is 6.37 Å². The van der Waals surface area contributed by atoms with Crippen LogP contribution in [0.1, 0.15) is 96.0 Å². The lowest BCUT2D eigenvalue weighted by atomic mass is 9.98. The molecule has 354 valence electrons. The molecule has 6 aromatic heterocycles. The van der Waals surface area contributed by atoms with Gasteiger partial charge in [-0.2, -0.15) is 0 Å². The van der Waals surface area contributed by atoms with E-state index in [0.717, 1.165) is 0 Å². The Morgan fingerprint density at radius 1 is 0.507 bits per heavy atom. The predicted molar refractivity (Wildman–Crippen MR) is 296 cm³/mol. The summed E-state index contributed by atoms with van der Waals surface area (Å²) in [6, 6.07) is 22.1. The molecule has 0 aliphatic heterocycles. The third kappa shape index (κ3) is 8.82. The van der Waals surface area contributed by atoms with Crippen molar-refractivity contribution in [3.05, 3.63) is 215 Å². The molecule has 0 spiro atoms. The molecule has 1 unspecified atom stereocenters. The first-order chi connectivity index (χ1) is 43.1. The van der Waals surface area contributed by atoms with Gasteiger partial charge in [-0.05, 0) is 89.7 Å². The highest BCUT2D eigenvalue weighted by Gasteiger charge is 2.22. The summed E-state index contributed by atoms with van der Waals surface area (Å²) in [5.41, 5.74) is 3.98. The summed E-state index contributed by atoms with van der Waals surface area (Å²) in [5.74, 6) is -3.46. The summed E-state index contributed by atoms with van der Waals surface area (Å²) in [5, 5.41) is 3.75. The number of fused-ring (bicyclic) bond motifs is 9. The Hall–Kier alpha value is -9.36. The van der Waals surface area contributed by atoms with Crippen LogP contribution in [0.15, 0.2) is 177 Å². The van der Waals surface area contributed by atoms with Crippen molar-refractivity contribution < 1.29 is 39.3 Å². The number of nitrogens with zero attached hydrogens (tertiary/aromatic N) is 6. The minimum atomic E-state index is -2.73. The molecule has 73 heavy (non-hydrogen) atoms. The zero-order valence-corrected chi connectivity index (χ0v) is 39.6. The molecule has 0 bridgehead atoms. The third-order valence-electron chi connectivity index (χ3n) is 11.8. The number of rotatable bonds is 7. The summed E-state index contributed by atoms with van der Waals surface area (Å²) in [6.45, 7) is 28.2. The van der Waals surface area contributed by atoms with Crippen LogP contribution in [0.3, 0.4) is 0 Å². The van der Waals surface area contributed by atoms with E-state index < -0.39 is 67.6 Å². The summed E-state index contributed by atoms with van der Waals surface area (Å²) < 4.78 is 171. The van der Waals surface area contributed by atoms with Gasteiger partial charge in [-0.1, -0.05) is 132 Å². The largest absolute Gasteiger partial charge is 0.466 e. The second-order valence-electron chi connectivity index (χ2n) is 17.0. The predicted octanol–water partition coefficient (Wildman–Crippen LogP) is 19.0. The topological polar surface area (TPSA) is 91.2 Å². The van der Waals surface area contributed by atoms with Crippen molar-refractivity contribution in [2.45, 2.75) is 59.6 Å². The molecule has 12 rings (SSSR count). The van der Waals surface area contributed by atoms with Gasteiger partial charge >= 0.3 is 0 Å². The molecule has 0 aliphatic carbocycles. The normalized spacial score (nSPS) is 16.3. The summed E-state index contributed by atoms with van der Waals surface area (Å²) >= 11 is 0. The van der Waals surface area contributed by atoms with Crippen LogP contribution in [-0.4, -0.2) is 15.0 Å². The van der Waals surface area contributed by atoms with Gasteiger partial charge in [0.15, 0.2) is 5.69 Å². The molecular formula is C64H50N6O3. The number of para-hydroxylation sites is 3. The van der Waals surface area contributed by atoms with E-state index >= 15 is 0 Å². The van der Waals surface area contributed by atoms with Crippen molar-refractivity contribution in [1.82, 2.24) is 15.0 Å². The Kier molecular flexibility index (Phi) is 8.21. The fraction of sp³-hybridized carbons (Fsp3) is 0.156. The van der Waals surface area contributed by atoms with E-state index in [9.17, 15) is 0 Å².